The first-order valence-corrected chi connectivity index (χ1v) is 10.5. The predicted octanol–water partition coefficient (Wildman–Crippen LogP) is 2.93. The van der Waals surface area contributed by atoms with E-state index in [2.05, 4.69) is 39.2 Å². The second kappa shape index (κ2) is 8.60. The van der Waals surface area contributed by atoms with Gasteiger partial charge in [-0.1, -0.05) is 6.07 Å². The molecule has 0 radical (unpaired) electrons. The number of aliphatic hydroxyl groups is 1. The molecule has 7 nitrogen and oxygen atoms in total. The van der Waals surface area contributed by atoms with E-state index in [1.807, 2.05) is 29.7 Å². The topological polar surface area (TPSA) is 68.3 Å². The molecule has 2 unspecified atom stereocenters. The van der Waals surface area contributed by atoms with Crippen LogP contribution < -0.4 is 0 Å². The fourth-order valence-corrected chi connectivity index (χ4v) is 4.21. The van der Waals surface area contributed by atoms with Crippen molar-refractivity contribution in [3.05, 3.63) is 35.8 Å². The number of hydrogen-bond acceptors (Lipinski definition) is 5. The molecule has 3 aromatic rings. The van der Waals surface area contributed by atoms with Gasteiger partial charge in [0, 0.05) is 37.7 Å². The van der Waals surface area contributed by atoms with Crippen LogP contribution in [0.3, 0.4) is 0 Å². The maximum atomic E-state index is 9.69. The van der Waals surface area contributed by atoms with Gasteiger partial charge in [0.1, 0.15) is 5.69 Å². The summed E-state index contributed by atoms with van der Waals surface area (Å²) in [5.41, 5.74) is 4.83. The summed E-state index contributed by atoms with van der Waals surface area (Å²) < 4.78 is 9.76. The van der Waals surface area contributed by atoms with Gasteiger partial charge in [-0.2, -0.15) is 10.2 Å². The Morgan fingerprint density at radius 2 is 2.23 bits per heavy atom. The number of aromatic nitrogens is 4. The number of benzene rings is 1. The second-order valence-electron chi connectivity index (χ2n) is 8.16. The van der Waals surface area contributed by atoms with E-state index in [1.54, 1.807) is 6.92 Å². The summed E-state index contributed by atoms with van der Waals surface area (Å²) in [5.74, 6) is 2.74. The van der Waals surface area contributed by atoms with Gasteiger partial charge in [-0.15, -0.1) is 6.42 Å². The zero-order valence-electron chi connectivity index (χ0n) is 17.9. The molecule has 2 aromatic heterocycles. The van der Waals surface area contributed by atoms with Crippen molar-refractivity contribution in [2.24, 2.45) is 7.05 Å². The van der Waals surface area contributed by atoms with E-state index < -0.39 is 0 Å². The first-order chi connectivity index (χ1) is 14.5. The van der Waals surface area contributed by atoms with E-state index in [9.17, 15) is 5.11 Å². The van der Waals surface area contributed by atoms with E-state index in [0.717, 1.165) is 53.6 Å². The SMILES string of the molecule is C#Cc1nn(C2CCCCO2)c2ccc(-c3cnn(C)c3CN(C)CC(C)O)cc12. The molecule has 0 aliphatic carbocycles. The Morgan fingerprint density at radius 1 is 1.40 bits per heavy atom. The van der Waals surface area contributed by atoms with E-state index >= 15 is 0 Å². The lowest BCUT2D eigenvalue weighted by Gasteiger charge is -2.23. The molecule has 1 saturated heterocycles. The minimum Gasteiger partial charge on any atom is -0.392 e. The standard InChI is InChI=1S/C23H29N5O2/c1-5-20-18-12-17(9-10-21(18)28(25-20)23-8-6-7-11-30-23)19-13-24-27(4)22(19)15-26(3)14-16(2)29/h1,9-10,12-13,16,23,29H,6-8,11,14-15H2,2-4H3. The highest BCUT2D eigenvalue weighted by atomic mass is 16.5. The third-order valence-corrected chi connectivity index (χ3v) is 5.64. The molecule has 1 fully saturated rings. The van der Waals surface area contributed by atoms with Crippen LogP contribution in [0.1, 0.15) is 43.8 Å². The first kappa shape index (κ1) is 20.6. The average molecular weight is 408 g/mol. The molecule has 0 bridgehead atoms. The van der Waals surface area contributed by atoms with Gasteiger partial charge in [-0.3, -0.25) is 9.58 Å². The number of fused-ring (bicyclic) bond motifs is 1. The van der Waals surface area contributed by atoms with Gasteiger partial charge in [-0.25, -0.2) is 4.68 Å². The molecule has 3 heterocycles. The van der Waals surface area contributed by atoms with Crippen molar-refractivity contribution in [2.45, 2.75) is 45.1 Å². The third kappa shape index (κ3) is 3.99. The molecule has 1 aromatic carbocycles. The Labute approximate surface area is 177 Å². The Balaban J connectivity index is 1.72. The number of aryl methyl sites for hydroxylation is 1. The molecule has 7 heteroatoms. The Morgan fingerprint density at radius 3 is 2.93 bits per heavy atom. The van der Waals surface area contributed by atoms with Crippen LogP contribution in [0, 0.1) is 12.3 Å². The Kier molecular flexibility index (Phi) is 5.91. The lowest BCUT2D eigenvalue weighted by molar-refractivity contribution is -0.0367. The Bertz CT molecular complexity index is 1070. The third-order valence-electron chi connectivity index (χ3n) is 5.64. The van der Waals surface area contributed by atoms with Gasteiger partial charge >= 0.3 is 0 Å². The number of aliphatic hydroxyl groups excluding tert-OH is 1. The van der Waals surface area contributed by atoms with Crippen LogP contribution in [0.2, 0.25) is 0 Å². The maximum Gasteiger partial charge on any atom is 0.150 e. The lowest BCUT2D eigenvalue weighted by Crippen LogP contribution is -2.27. The summed E-state index contributed by atoms with van der Waals surface area (Å²) in [6, 6.07) is 6.28. The average Bonchev–Trinajstić information content (AvgIpc) is 3.28. The van der Waals surface area contributed by atoms with Crippen LogP contribution in [0.4, 0.5) is 0 Å². The van der Waals surface area contributed by atoms with E-state index in [4.69, 9.17) is 11.2 Å². The number of rotatable bonds is 6. The van der Waals surface area contributed by atoms with Gasteiger partial charge < -0.3 is 9.84 Å². The summed E-state index contributed by atoms with van der Waals surface area (Å²) in [6.45, 7) is 3.84. The summed E-state index contributed by atoms with van der Waals surface area (Å²) in [6.07, 6.45) is 10.4. The molecule has 0 saturated carbocycles. The summed E-state index contributed by atoms with van der Waals surface area (Å²) in [4.78, 5) is 2.09. The summed E-state index contributed by atoms with van der Waals surface area (Å²) in [5, 5.41) is 19.8. The van der Waals surface area contributed by atoms with Crippen molar-refractivity contribution in [3.8, 4) is 23.5 Å². The highest BCUT2D eigenvalue weighted by molar-refractivity contribution is 5.89. The molecular formula is C23H29N5O2. The molecule has 1 N–H and O–H groups in total. The molecule has 0 spiro atoms. The molecular weight excluding hydrogens is 378 g/mol. The summed E-state index contributed by atoms with van der Waals surface area (Å²) in [7, 11) is 3.94. The quantitative estimate of drug-likeness (QED) is 0.637. The van der Waals surface area contributed by atoms with E-state index in [-0.39, 0.29) is 12.3 Å². The van der Waals surface area contributed by atoms with Crippen molar-refractivity contribution < 1.29 is 9.84 Å². The van der Waals surface area contributed by atoms with E-state index in [0.29, 0.717) is 18.8 Å². The van der Waals surface area contributed by atoms with Gasteiger partial charge in [0.2, 0.25) is 0 Å². The van der Waals surface area contributed by atoms with Crippen LogP contribution in [0.25, 0.3) is 22.0 Å². The number of ether oxygens (including phenoxy) is 1. The molecule has 30 heavy (non-hydrogen) atoms. The monoisotopic (exact) mass is 407 g/mol. The Hall–Kier alpha value is -2.66. The highest BCUT2D eigenvalue weighted by Gasteiger charge is 2.22. The molecule has 0 amide bonds. The van der Waals surface area contributed by atoms with Crippen LogP contribution >= 0.6 is 0 Å². The van der Waals surface area contributed by atoms with Crippen molar-refractivity contribution in [3.63, 3.8) is 0 Å². The highest BCUT2D eigenvalue weighted by Crippen LogP contribution is 2.32. The molecule has 1 aliphatic heterocycles. The van der Waals surface area contributed by atoms with Crippen LogP contribution in [0.15, 0.2) is 24.4 Å². The zero-order chi connectivity index (χ0) is 21.3. The molecule has 4 rings (SSSR count). The van der Waals surface area contributed by atoms with Crippen molar-refractivity contribution >= 4 is 10.9 Å². The van der Waals surface area contributed by atoms with Crippen LogP contribution in [0.5, 0.6) is 0 Å². The van der Waals surface area contributed by atoms with Crippen molar-refractivity contribution in [1.82, 2.24) is 24.5 Å². The van der Waals surface area contributed by atoms with Crippen LogP contribution in [-0.4, -0.2) is 55.9 Å². The zero-order valence-corrected chi connectivity index (χ0v) is 17.9. The second-order valence-corrected chi connectivity index (χ2v) is 8.16. The van der Waals surface area contributed by atoms with Crippen molar-refractivity contribution in [2.75, 3.05) is 20.2 Å². The molecule has 2 atom stereocenters. The fourth-order valence-electron chi connectivity index (χ4n) is 4.21. The van der Waals surface area contributed by atoms with Crippen molar-refractivity contribution in [1.29, 1.82) is 0 Å². The predicted molar refractivity (Wildman–Crippen MR) is 117 cm³/mol. The van der Waals surface area contributed by atoms with Gasteiger partial charge in [0.15, 0.2) is 6.23 Å². The minimum absolute atomic E-state index is 0.0581. The van der Waals surface area contributed by atoms with Gasteiger partial charge in [-0.05, 0) is 56.9 Å². The molecule has 1 aliphatic rings. The van der Waals surface area contributed by atoms with Crippen LogP contribution in [-0.2, 0) is 18.3 Å². The minimum atomic E-state index is -0.381. The number of nitrogens with zero attached hydrogens (tertiary/aromatic N) is 5. The maximum absolute atomic E-state index is 9.69. The normalized spacial score (nSPS) is 18.1. The van der Waals surface area contributed by atoms with Gasteiger partial charge in [0.25, 0.3) is 0 Å². The number of terminal acetylenes is 1. The number of likely N-dealkylation sites (N-methyl/N-ethyl adjacent to an activating group) is 1. The largest absolute Gasteiger partial charge is 0.392 e. The van der Waals surface area contributed by atoms with E-state index in [1.165, 1.54) is 0 Å². The van der Waals surface area contributed by atoms with Gasteiger partial charge in [0.05, 0.1) is 23.5 Å². The molecule has 158 valence electrons. The first-order valence-electron chi connectivity index (χ1n) is 10.5. The lowest BCUT2D eigenvalue weighted by atomic mass is 10.0. The summed E-state index contributed by atoms with van der Waals surface area (Å²) >= 11 is 0. The smallest absolute Gasteiger partial charge is 0.150 e. The fraction of sp³-hybridized carbons (Fsp3) is 0.478. The number of hydrogen-bond donors (Lipinski definition) is 1.